The number of rotatable bonds is 6. The second-order valence-corrected chi connectivity index (χ2v) is 8.19. The van der Waals surface area contributed by atoms with Gasteiger partial charge >= 0.3 is 11.9 Å². The molecule has 4 heteroatoms. The van der Waals surface area contributed by atoms with Crippen LogP contribution >= 0.6 is 0 Å². The van der Waals surface area contributed by atoms with Crippen LogP contribution in [0.4, 0.5) is 0 Å². The van der Waals surface area contributed by atoms with E-state index in [0.29, 0.717) is 30.1 Å². The molecule has 4 rings (SSSR count). The van der Waals surface area contributed by atoms with E-state index >= 15 is 0 Å². The SMILES string of the molecule is C.C.CC(=O)OC1CC2C=CC1C2.CCCCCC(=O)OC1CC2C=CC1C2. The second kappa shape index (κ2) is 11.4. The number of ether oxygens (including phenoxy) is 2. The molecule has 0 spiro atoms. The number of unbranched alkanes of at least 4 members (excludes halogenated alkanes) is 2. The number of carbonyl (C=O) groups excluding carboxylic acids is 2. The van der Waals surface area contributed by atoms with Gasteiger partial charge < -0.3 is 9.47 Å². The molecular weight excluding hydrogens is 352 g/mol. The van der Waals surface area contributed by atoms with Crippen LogP contribution in [0.1, 0.15) is 80.1 Å². The van der Waals surface area contributed by atoms with Gasteiger partial charge in [0.05, 0.1) is 0 Å². The van der Waals surface area contributed by atoms with Gasteiger partial charge in [-0.25, -0.2) is 0 Å². The normalized spacial score (nSPS) is 32.8. The summed E-state index contributed by atoms with van der Waals surface area (Å²) in [6.07, 6.45) is 17.6. The first-order valence-corrected chi connectivity index (χ1v) is 10.3. The van der Waals surface area contributed by atoms with Crippen molar-refractivity contribution in [1.82, 2.24) is 0 Å². The summed E-state index contributed by atoms with van der Waals surface area (Å²) in [5.41, 5.74) is 0. The molecule has 2 saturated carbocycles. The summed E-state index contributed by atoms with van der Waals surface area (Å²) in [5.74, 6) is 2.27. The Balaban J connectivity index is 0.000000271. The molecule has 0 aliphatic heterocycles. The number of hydrogen-bond donors (Lipinski definition) is 0. The number of hydrogen-bond acceptors (Lipinski definition) is 4. The van der Waals surface area contributed by atoms with E-state index in [9.17, 15) is 9.59 Å². The Morgan fingerprint density at radius 2 is 1.36 bits per heavy atom. The van der Waals surface area contributed by atoms with E-state index in [1.54, 1.807) is 0 Å². The van der Waals surface area contributed by atoms with Crippen LogP contribution in [0.25, 0.3) is 0 Å². The zero-order valence-electron chi connectivity index (χ0n) is 16.1. The van der Waals surface area contributed by atoms with E-state index in [1.165, 1.54) is 19.8 Å². The Morgan fingerprint density at radius 3 is 1.75 bits per heavy atom. The fraction of sp³-hybridized carbons (Fsp3) is 0.750. The summed E-state index contributed by atoms with van der Waals surface area (Å²) in [7, 11) is 0. The summed E-state index contributed by atoms with van der Waals surface area (Å²) < 4.78 is 10.7. The van der Waals surface area contributed by atoms with Gasteiger partial charge in [0.2, 0.25) is 0 Å². The highest BCUT2D eigenvalue weighted by Gasteiger charge is 2.38. The third kappa shape index (κ3) is 6.49. The van der Waals surface area contributed by atoms with Crippen molar-refractivity contribution in [3.63, 3.8) is 0 Å². The van der Waals surface area contributed by atoms with Crippen LogP contribution < -0.4 is 0 Å². The third-order valence-electron chi connectivity index (χ3n) is 6.02. The Hall–Kier alpha value is -1.58. The van der Waals surface area contributed by atoms with Crippen molar-refractivity contribution < 1.29 is 19.1 Å². The van der Waals surface area contributed by atoms with Crippen LogP contribution in [-0.4, -0.2) is 24.1 Å². The lowest BCUT2D eigenvalue weighted by atomic mass is 10.0. The van der Waals surface area contributed by atoms with Gasteiger partial charge in [-0.3, -0.25) is 9.59 Å². The van der Waals surface area contributed by atoms with E-state index in [2.05, 4.69) is 31.2 Å². The highest BCUT2D eigenvalue weighted by molar-refractivity contribution is 5.69. The minimum absolute atomic E-state index is 0. The lowest BCUT2D eigenvalue weighted by Crippen LogP contribution is -2.22. The number of esters is 2. The van der Waals surface area contributed by atoms with Gasteiger partial charge in [0, 0.05) is 25.2 Å². The molecule has 0 aromatic rings. The predicted molar refractivity (Wildman–Crippen MR) is 114 cm³/mol. The maximum Gasteiger partial charge on any atom is 0.306 e. The average molecular weight is 393 g/mol. The van der Waals surface area contributed by atoms with Crippen molar-refractivity contribution in [1.29, 1.82) is 0 Å². The first-order valence-electron chi connectivity index (χ1n) is 10.3. The van der Waals surface area contributed by atoms with Gasteiger partial charge in [0.15, 0.2) is 0 Å². The van der Waals surface area contributed by atoms with Crippen LogP contribution in [0, 0.1) is 23.7 Å². The molecule has 0 aromatic heterocycles. The van der Waals surface area contributed by atoms with E-state index in [1.807, 2.05) is 0 Å². The highest BCUT2D eigenvalue weighted by Crippen LogP contribution is 2.41. The third-order valence-corrected chi connectivity index (χ3v) is 6.02. The largest absolute Gasteiger partial charge is 0.462 e. The summed E-state index contributed by atoms with van der Waals surface area (Å²) in [6.45, 7) is 3.63. The number of fused-ring (bicyclic) bond motifs is 4. The molecule has 28 heavy (non-hydrogen) atoms. The Bertz CT molecular complexity index is 565. The van der Waals surface area contributed by atoms with E-state index in [0.717, 1.165) is 32.1 Å². The van der Waals surface area contributed by atoms with Gasteiger partial charge in [-0.2, -0.15) is 0 Å². The van der Waals surface area contributed by atoms with Crippen molar-refractivity contribution in [3.8, 4) is 0 Å². The standard InChI is InChI=1S/C13H20O2.C9H12O2.2CH4/c1-2-3-4-5-13(14)15-12-9-10-6-7-11(12)8-10;1-6(10)11-9-5-7-2-3-8(9)4-7;;/h6-7,10-12H,2-5,8-9H2,1H3;2-3,7-9H,4-5H2,1H3;2*1H4. The summed E-state index contributed by atoms with van der Waals surface area (Å²) in [5, 5.41) is 0. The van der Waals surface area contributed by atoms with Crippen molar-refractivity contribution in [3.05, 3.63) is 24.3 Å². The fourth-order valence-electron chi connectivity index (χ4n) is 4.69. The quantitative estimate of drug-likeness (QED) is 0.323. The Morgan fingerprint density at radius 1 is 0.821 bits per heavy atom. The van der Waals surface area contributed by atoms with Crippen molar-refractivity contribution in [2.45, 2.75) is 92.3 Å². The highest BCUT2D eigenvalue weighted by atomic mass is 16.5. The molecule has 0 radical (unpaired) electrons. The molecule has 4 aliphatic carbocycles. The van der Waals surface area contributed by atoms with Crippen molar-refractivity contribution in [2.75, 3.05) is 0 Å². The van der Waals surface area contributed by atoms with Gasteiger partial charge in [-0.1, -0.05) is 58.9 Å². The number of carbonyl (C=O) groups is 2. The minimum Gasteiger partial charge on any atom is -0.462 e. The van der Waals surface area contributed by atoms with Crippen molar-refractivity contribution in [2.24, 2.45) is 23.7 Å². The van der Waals surface area contributed by atoms with E-state index in [4.69, 9.17) is 9.47 Å². The lowest BCUT2D eigenvalue weighted by molar-refractivity contribution is -0.150. The molecule has 0 heterocycles. The van der Waals surface area contributed by atoms with Crippen LogP contribution in [0.15, 0.2) is 24.3 Å². The van der Waals surface area contributed by atoms with E-state index < -0.39 is 0 Å². The Kier molecular flexibility index (Phi) is 9.98. The molecule has 0 amide bonds. The second-order valence-electron chi connectivity index (χ2n) is 8.19. The maximum atomic E-state index is 11.5. The molecule has 4 aliphatic rings. The van der Waals surface area contributed by atoms with Crippen LogP contribution in [0.5, 0.6) is 0 Å². The molecule has 160 valence electrons. The number of allylic oxidation sites excluding steroid dienone is 2. The molecule has 0 N–H and O–H groups in total. The minimum atomic E-state index is -0.143. The molecular formula is C24H40O4. The lowest BCUT2D eigenvalue weighted by Gasteiger charge is -2.18. The topological polar surface area (TPSA) is 52.6 Å². The molecule has 0 saturated heterocycles. The van der Waals surface area contributed by atoms with Crippen LogP contribution in [0.2, 0.25) is 0 Å². The molecule has 6 unspecified atom stereocenters. The molecule has 2 fully saturated rings. The summed E-state index contributed by atoms with van der Waals surface area (Å²) in [4.78, 5) is 22.1. The average Bonchev–Trinajstić information content (AvgIpc) is 3.36. The molecule has 4 bridgehead atoms. The first kappa shape index (κ1) is 24.5. The molecule has 6 atom stereocenters. The summed E-state index contributed by atoms with van der Waals surface area (Å²) in [6, 6.07) is 0. The van der Waals surface area contributed by atoms with Gasteiger partial charge in [0.25, 0.3) is 0 Å². The van der Waals surface area contributed by atoms with E-state index in [-0.39, 0.29) is 39.0 Å². The smallest absolute Gasteiger partial charge is 0.306 e. The molecule has 4 nitrogen and oxygen atoms in total. The maximum absolute atomic E-state index is 11.5. The van der Waals surface area contributed by atoms with Gasteiger partial charge in [0.1, 0.15) is 12.2 Å². The zero-order chi connectivity index (χ0) is 18.5. The predicted octanol–water partition coefficient (Wildman–Crippen LogP) is 5.86. The monoisotopic (exact) mass is 392 g/mol. The van der Waals surface area contributed by atoms with Crippen LogP contribution in [-0.2, 0) is 19.1 Å². The van der Waals surface area contributed by atoms with Gasteiger partial charge in [-0.05, 0) is 43.9 Å². The fourth-order valence-corrected chi connectivity index (χ4v) is 4.69. The van der Waals surface area contributed by atoms with Crippen LogP contribution in [0.3, 0.4) is 0 Å². The summed E-state index contributed by atoms with van der Waals surface area (Å²) >= 11 is 0. The van der Waals surface area contributed by atoms with Crippen molar-refractivity contribution >= 4 is 11.9 Å². The molecule has 0 aromatic carbocycles. The first-order chi connectivity index (χ1) is 12.5. The zero-order valence-corrected chi connectivity index (χ0v) is 16.1. The van der Waals surface area contributed by atoms with Gasteiger partial charge in [-0.15, -0.1) is 0 Å². The Labute approximate surface area is 171 Å².